The van der Waals surface area contributed by atoms with Gasteiger partial charge in [0.05, 0.1) is 5.02 Å². The highest BCUT2D eigenvalue weighted by atomic mass is 35.5. The quantitative estimate of drug-likeness (QED) is 0.351. The number of amides is 1. The third-order valence-electron chi connectivity index (χ3n) is 4.75. The van der Waals surface area contributed by atoms with Gasteiger partial charge in [0.2, 0.25) is 0 Å². The third-order valence-corrected chi connectivity index (χ3v) is 5.05. The molecule has 0 unspecified atom stereocenters. The van der Waals surface area contributed by atoms with Crippen molar-refractivity contribution in [1.29, 1.82) is 0 Å². The second kappa shape index (κ2) is 10.2. The van der Waals surface area contributed by atoms with Gasteiger partial charge in [0.25, 0.3) is 0 Å². The highest BCUT2D eigenvalue weighted by Crippen LogP contribution is 2.32. The molecule has 0 saturated heterocycles. The van der Waals surface area contributed by atoms with Crippen LogP contribution in [0, 0.1) is 5.92 Å². The molecule has 0 aliphatic heterocycles. The molecule has 2 rings (SSSR count). The van der Waals surface area contributed by atoms with E-state index in [9.17, 15) is 14.4 Å². The van der Waals surface area contributed by atoms with Crippen molar-refractivity contribution in [3.05, 3.63) is 39.2 Å². The molecule has 0 saturated carbocycles. The van der Waals surface area contributed by atoms with Crippen LogP contribution in [-0.2, 0) is 16.0 Å². The number of hydrogen-bond donors (Lipinski definition) is 1. The van der Waals surface area contributed by atoms with Gasteiger partial charge in [-0.2, -0.15) is 0 Å². The molecule has 0 bridgehead atoms. The number of alkyl carbamates (subject to hydrolysis) is 1. The minimum Gasteiger partial charge on any atom is -0.444 e. The van der Waals surface area contributed by atoms with E-state index in [1.54, 1.807) is 26.8 Å². The van der Waals surface area contributed by atoms with Crippen LogP contribution in [0.25, 0.3) is 11.0 Å². The number of carbonyl (C=O) groups excluding carboxylic acids is 2. The minimum atomic E-state index is -0.940. The van der Waals surface area contributed by atoms with E-state index in [1.807, 2.05) is 20.8 Å². The zero-order valence-corrected chi connectivity index (χ0v) is 19.6. The van der Waals surface area contributed by atoms with E-state index in [0.29, 0.717) is 18.2 Å². The number of rotatable bonds is 7. The van der Waals surface area contributed by atoms with Gasteiger partial charge in [-0.25, -0.2) is 14.4 Å². The van der Waals surface area contributed by atoms with Crippen LogP contribution in [0.1, 0.15) is 59.9 Å². The molecule has 0 aliphatic carbocycles. The summed E-state index contributed by atoms with van der Waals surface area (Å²) in [5.41, 5.74) is -0.0933. The molecule has 31 heavy (non-hydrogen) atoms. The first-order valence-corrected chi connectivity index (χ1v) is 10.8. The standard InChI is InChI=1S/C23H30ClNO6/c1-7-9-14-10-19(26)29-17-12-18(16(24)11-15(14)17)30-21(27)20(13(3)8-2)25-22(28)31-23(4,5)6/h10-13,20H,7-9H2,1-6H3,(H,25,28)/t13-,20+/m1/s1. The molecule has 0 fully saturated rings. The molecule has 8 heteroatoms. The summed E-state index contributed by atoms with van der Waals surface area (Å²) < 4.78 is 16.0. The maximum Gasteiger partial charge on any atom is 0.408 e. The summed E-state index contributed by atoms with van der Waals surface area (Å²) in [6, 6.07) is 3.55. The van der Waals surface area contributed by atoms with Crippen LogP contribution in [0.3, 0.4) is 0 Å². The molecule has 0 radical (unpaired) electrons. The number of fused-ring (bicyclic) bond motifs is 1. The summed E-state index contributed by atoms with van der Waals surface area (Å²) in [4.78, 5) is 37.0. The molecule has 1 aromatic carbocycles. The van der Waals surface area contributed by atoms with Crippen LogP contribution in [0.4, 0.5) is 4.79 Å². The van der Waals surface area contributed by atoms with Crippen LogP contribution >= 0.6 is 11.6 Å². The van der Waals surface area contributed by atoms with E-state index in [0.717, 1.165) is 12.0 Å². The first kappa shape index (κ1) is 24.7. The lowest BCUT2D eigenvalue weighted by Gasteiger charge is -2.25. The van der Waals surface area contributed by atoms with Crippen LogP contribution in [-0.4, -0.2) is 23.7 Å². The van der Waals surface area contributed by atoms with Gasteiger partial charge in [0, 0.05) is 17.5 Å². The molecule has 0 spiro atoms. The van der Waals surface area contributed by atoms with Gasteiger partial charge in [-0.15, -0.1) is 0 Å². The van der Waals surface area contributed by atoms with Crippen molar-refractivity contribution in [3.8, 4) is 5.75 Å². The largest absolute Gasteiger partial charge is 0.444 e. The van der Waals surface area contributed by atoms with Gasteiger partial charge in [0.15, 0.2) is 5.75 Å². The van der Waals surface area contributed by atoms with E-state index in [4.69, 9.17) is 25.5 Å². The highest BCUT2D eigenvalue weighted by molar-refractivity contribution is 6.33. The fraction of sp³-hybridized carbons (Fsp3) is 0.522. The van der Waals surface area contributed by atoms with Gasteiger partial charge < -0.3 is 19.2 Å². The van der Waals surface area contributed by atoms with Crippen molar-refractivity contribution in [2.24, 2.45) is 5.92 Å². The van der Waals surface area contributed by atoms with Gasteiger partial charge in [0.1, 0.15) is 17.2 Å². The Hall–Kier alpha value is -2.54. The molecule has 1 heterocycles. The zero-order valence-electron chi connectivity index (χ0n) is 18.8. The van der Waals surface area contributed by atoms with E-state index in [1.165, 1.54) is 12.1 Å². The summed E-state index contributed by atoms with van der Waals surface area (Å²) in [6.07, 6.45) is 1.44. The number of esters is 1. The minimum absolute atomic E-state index is 0.0512. The number of ether oxygens (including phenoxy) is 2. The smallest absolute Gasteiger partial charge is 0.408 e. The first-order valence-electron chi connectivity index (χ1n) is 10.4. The highest BCUT2D eigenvalue weighted by Gasteiger charge is 2.30. The van der Waals surface area contributed by atoms with Crippen molar-refractivity contribution < 1.29 is 23.5 Å². The average molecular weight is 452 g/mol. The van der Waals surface area contributed by atoms with Crippen molar-refractivity contribution in [3.63, 3.8) is 0 Å². The van der Waals surface area contributed by atoms with Crippen molar-refractivity contribution in [2.45, 2.75) is 72.4 Å². The fourth-order valence-electron chi connectivity index (χ4n) is 3.06. The van der Waals surface area contributed by atoms with Gasteiger partial charge in [-0.1, -0.05) is 45.2 Å². The summed E-state index contributed by atoms with van der Waals surface area (Å²) in [5, 5.41) is 3.48. The molecular weight excluding hydrogens is 422 g/mol. The molecule has 0 aliphatic rings. The second-order valence-electron chi connectivity index (χ2n) is 8.55. The lowest BCUT2D eigenvalue weighted by Crippen LogP contribution is -2.48. The normalized spacial score (nSPS) is 13.5. The Morgan fingerprint density at radius 2 is 1.87 bits per heavy atom. The van der Waals surface area contributed by atoms with Crippen LogP contribution in [0.15, 0.2) is 27.4 Å². The topological polar surface area (TPSA) is 94.8 Å². The predicted octanol–water partition coefficient (Wildman–Crippen LogP) is 5.24. The number of carbonyl (C=O) groups is 2. The lowest BCUT2D eigenvalue weighted by molar-refractivity contribution is -0.138. The Bertz CT molecular complexity index is 1010. The van der Waals surface area contributed by atoms with Gasteiger partial charge in [-0.05, 0) is 44.7 Å². The lowest BCUT2D eigenvalue weighted by atomic mass is 9.99. The Labute approximate surface area is 187 Å². The molecule has 2 aromatic rings. The predicted molar refractivity (Wildman–Crippen MR) is 120 cm³/mol. The number of halogens is 1. The molecule has 1 aromatic heterocycles. The number of aryl methyl sites for hydroxylation is 1. The Kier molecular flexibility index (Phi) is 8.12. The average Bonchev–Trinajstić information content (AvgIpc) is 2.65. The summed E-state index contributed by atoms with van der Waals surface area (Å²) >= 11 is 6.36. The molecule has 170 valence electrons. The number of benzene rings is 1. The zero-order chi connectivity index (χ0) is 23.3. The van der Waals surface area contributed by atoms with E-state index >= 15 is 0 Å². The van der Waals surface area contributed by atoms with Crippen molar-refractivity contribution in [1.82, 2.24) is 5.32 Å². The van der Waals surface area contributed by atoms with Crippen molar-refractivity contribution in [2.75, 3.05) is 0 Å². The van der Waals surface area contributed by atoms with E-state index < -0.39 is 29.3 Å². The van der Waals surface area contributed by atoms with Gasteiger partial charge in [-0.3, -0.25) is 0 Å². The summed E-state index contributed by atoms with van der Waals surface area (Å²) in [5.74, 6) is -0.850. The molecule has 2 atom stereocenters. The maximum atomic E-state index is 12.9. The number of hydrogen-bond acceptors (Lipinski definition) is 6. The molecule has 7 nitrogen and oxygen atoms in total. The molecule has 1 amide bonds. The van der Waals surface area contributed by atoms with Gasteiger partial charge >= 0.3 is 17.7 Å². The second-order valence-corrected chi connectivity index (χ2v) is 8.96. The maximum absolute atomic E-state index is 12.9. The van der Waals surface area contributed by atoms with Crippen LogP contribution in [0.5, 0.6) is 5.75 Å². The number of nitrogens with one attached hydrogen (secondary N) is 1. The fourth-order valence-corrected chi connectivity index (χ4v) is 3.26. The summed E-state index contributed by atoms with van der Waals surface area (Å²) in [6.45, 7) is 10.9. The third kappa shape index (κ3) is 6.72. The Balaban J connectivity index is 2.33. The van der Waals surface area contributed by atoms with E-state index in [2.05, 4.69) is 5.32 Å². The molecular formula is C23H30ClNO6. The monoisotopic (exact) mass is 451 g/mol. The Morgan fingerprint density at radius 1 is 1.19 bits per heavy atom. The van der Waals surface area contributed by atoms with Crippen LogP contribution in [0.2, 0.25) is 5.02 Å². The Morgan fingerprint density at radius 3 is 2.45 bits per heavy atom. The molecule has 1 N–H and O–H groups in total. The van der Waals surface area contributed by atoms with E-state index in [-0.39, 0.29) is 22.3 Å². The SMILES string of the molecule is CCCc1cc(=O)oc2cc(OC(=O)[C@@H](NC(=O)OC(C)(C)C)[C@H](C)CC)c(Cl)cc12. The van der Waals surface area contributed by atoms with Crippen LogP contribution < -0.4 is 15.7 Å². The summed E-state index contributed by atoms with van der Waals surface area (Å²) in [7, 11) is 0. The first-order chi connectivity index (χ1) is 14.4. The van der Waals surface area contributed by atoms with Crippen molar-refractivity contribution >= 4 is 34.6 Å².